The Bertz CT molecular complexity index is 772. The number of rotatable bonds is 5. The zero-order valence-corrected chi connectivity index (χ0v) is 13.4. The first-order valence-corrected chi connectivity index (χ1v) is 7.96. The Morgan fingerprint density at radius 3 is 2.39 bits per heavy atom. The monoisotopic (exact) mass is 324 g/mol. The Balaban J connectivity index is 1.74. The van der Waals surface area contributed by atoms with Crippen molar-refractivity contribution >= 4 is 22.4 Å². The van der Waals surface area contributed by atoms with E-state index in [0.717, 1.165) is 16.8 Å². The van der Waals surface area contributed by atoms with E-state index in [1.165, 1.54) is 18.6 Å². The SMILES string of the molecule is CO[C@H](C(=O)Nc1cc(-c2ccccc2)ns1)c1ccccc1. The number of benzene rings is 2. The van der Waals surface area contributed by atoms with Gasteiger partial charge in [-0.1, -0.05) is 60.7 Å². The van der Waals surface area contributed by atoms with Crippen LogP contribution in [0.25, 0.3) is 11.3 Å². The maximum absolute atomic E-state index is 12.4. The zero-order chi connectivity index (χ0) is 16.1. The number of carbonyl (C=O) groups is 1. The second-order valence-corrected chi connectivity index (χ2v) is 5.76. The van der Waals surface area contributed by atoms with Crippen LogP contribution in [0.4, 0.5) is 5.00 Å². The quantitative estimate of drug-likeness (QED) is 0.767. The van der Waals surface area contributed by atoms with Gasteiger partial charge < -0.3 is 10.1 Å². The molecule has 0 aliphatic rings. The maximum Gasteiger partial charge on any atom is 0.258 e. The first-order chi connectivity index (χ1) is 11.3. The van der Waals surface area contributed by atoms with Crippen LogP contribution in [-0.4, -0.2) is 17.4 Å². The van der Waals surface area contributed by atoms with Crippen LogP contribution in [0.5, 0.6) is 0 Å². The fourth-order valence-corrected chi connectivity index (χ4v) is 2.95. The predicted octanol–water partition coefficient (Wildman–Crippen LogP) is 4.14. The van der Waals surface area contributed by atoms with Crippen LogP contribution in [0.2, 0.25) is 0 Å². The molecular weight excluding hydrogens is 308 g/mol. The van der Waals surface area contributed by atoms with Gasteiger partial charge in [-0.05, 0) is 17.1 Å². The highest BCUT2D eigenvalue weighted by atomic mass is 32.1. The molecule has 1 atom stereocenters. The molecule has 0 saturated carbocycles. The molecule has 0 saturated heterocycles. The fraction of sp³-hybridized carbons (Fsp3) is 0.111. The number of anilines is 1. The molecule has 1 amide bonds. The van der Waals surface area contributed by atoms with Gasteiger partial charge in [0.05, 0.1) is 5.69 Å². The summed E-state index contributed by atoms with van der Waals surface area (Å²) < 4.78 is 9.72. The minimum Gasteiger partial charge on any atom is -0.367 e. The lowest BCUT2D eigenvalue weighted by atomic mass is 10.1. The van der Waals surface area contributed by atoms with Crippen molar-refractivity contribution < 1.29 is 9.53 Å². The molecule has 0 radical (unpaired) electrons. The van der Waals surface area contributed by atoms with Gasteiger partial charge in [-0.2, -0.15) is 4.37 Å². The van der Waals surface area contributed by atoms with Gasteiger partial charge >= 0.3 is 0 Å². The highest BCUT2D eigenvalue weighted by Crippen LogP contribution is 2.26. The lowest BCUT2D eigenvalue weighted by Crippen LogP contribution is -2.22. The predicted molar refractivity (Wildman–Crippen MR) is 92.4 cm³/mol. The molecule has 4 nitrogen and oxygen atoms in total. The normalized spacial score (nSPS) is 11.9. The van der Waals surface area contributed by atoms with Gasteiger partial charge in [0.2, 0.25) is 0 Å². The smallest absolute Gasteiger partial charge is 0.258 e. The Morgan fingerprint density at radius 2 is 1.74 bits per heavy atom. The van der Waals surface area contributed by atoms with Crippen molar-refractivity contribution in [2.24, 2.45) is 0 Å². The summed E-state index contributed by atoms with van der Waals surface area (Å²) in [5.41, 5.74) is 2.69. The Kier molecular flexibility index (Phi) is 4.80. The Morgan fingerprint density at radius 1 is 1.09 bits per heavy atom. The largest absolute Gasteiger partial charge is 0.367 e. The van der Waals surface area contributed by atoms with E-state index in [2.05, 4.69) is 9.69 Å². The average Bonchev–Trinajstić information content (AvgIpc) is 3.06. The van der Waals surface area contributed by atoms with Crippen molar-refractivity contribution in [2.45, 2.75) is 6.10 Å². The number of nitrogens with one attached hydrogen (secondary N) is 1. The Labute approximate surface area is 138 Å². The molecule has 3 aromatic rings. The number of ether oxygens (including phenoxy) is 1. The third-order valence-corrected chi connectivity index (χ3v) is 4.11. The average molecular weight is 324 g/mol. The minimum absolute atomic E-state index is 0.207. The van der Waals surface area contributed by atoms with E-state index in [1.807, 2.05) is 66.7 Å². The van der Waals surface area contributed by atoms with E-state index in [1.54, 1.807) is 0 Å². The summed E-state index contributed by atoms with van der Waals surface area (Å²) in [4.78, 5) is 12.4. The van der Waals surface area contributed by atoms with Crippen molar-refractivity contribution in [2.75, 3.05) is 12.4 Å². The second-order valence-electron chi connectivity index (χ2n) is 4.96. The molecule has 0 spiro atoms. The first-order valence-electron chi connectivity index (χ1n) is 7.18. The third-order valence-electron chi connectivity index (χ3n) is 3.40. The van der Waals surface area contributed by atoms with E-state index in [-0.39, 0.29) is 5.91 Å². The van der Waals surface area contributed by atoms with E-state index in [4.69, 9.17) is 4.74 Å². The molecule has 0 fully saturated rings. The van der Waals surface area contributed by atoms with Crippen LogP contribution in [0, 0.1) is 0 Å². The number of amides is 1. The standard InChI is InChI=1S/C18H16N2O2S/c1-22-17(14-10-6-3-7-11-14)18(21)19-16-12-15(20-23-16)13-8-4-2-5-9-13/h2-12,17H,1H3,(H,19,21)/t17-/m0/s1. The van der Waals surface area contributed by atoms with Gasteiger partial charge in [0.1, 0.15) is 5.00 Å². The molecule has 1 aromatic heterocycles. The molecule has 1 N–H and O–H groups in total. The van der Waals surface area contributed by atoms with Crippen LogP contribution < -0.4 is 5.32 Å². The van der Waals surface area contributed by atoms with Crippen LogP contribution in [-0.2, 0) is 9.53 Å². The van der Waals surface area contributed by atoms with Gasteiger partial charge in [-0.25, -0.2) is 0 Å². The lowest BCUT2D eigenvalue weighted by molar-refractivity contribution is -0.126. The lowest BCUT2D eigenvalue weighted by Gasteiger charge is -2.14. The molecule has 0 aliphatic carbocycles. The molecular formula is C18H16N2O2S. The summed E-state index contributed by atoms with van der Waals surface area (Å²) in [6.45, 7) is 0. The number of hydrogen-bond acceptors (Lipinski definition) is 4. The first kappa shape index (κ1) is 15.4. The molecule has 0 unspecified atom stereocenters. The molecule has 1 heterocycles. The number of carbonyl (C=O) groups excluding carboxylic acids is 1. The Hall–Kier alpha value is -2.50. The molecule has 116 valence electrons. The molecule has 5 heteroatoms. The van der Waals surface area contributed by atoms with Crippen LogP contribution in [0.3, 0.4) is 0 Å². The summed E-state index contributed by atoms with van der Waals surface area (Å²) in [6.07, 6.45) is -0.640. The van der Waals surface area contributed by atoms with Crippen molar-refractivity contribution in [1.29, 1.82) is 0 Å². The topological polar surface area (TPSA) is 51.2 Å². The van der Waals surface area contributed by atoms with Gasteiger partial charge in [-0.3, -0.25) is 4.79 Å². The minimum atomic E-state index is -0.640. The summed E-state index contributed by atoms with van der Waals surface area (Å²) in [5, 5.41) is 3.57. The highest BCUT2D eigenvalue weighted by molar-refractivity contribution is 7.10. The van der Waals surface area contributed by atoms with E-state index in [0.29, 0.717) is 5.00 Å². The number of methoxy groups -OCH3 is 1. The van der Waals surface area contributed by atoms with Crippen LogP contribution in [0.1, 0.15) is 11.7 Å². The second kappa shape index (κ2) is 7.17. The molecule has 2 aromatic carbocycles. The van der Waals surface area contributed by atoms with Gasteiger partial charge in [0.15, 0.2) is 6.10 Å². The molecule has 0 aliphatic heterocycles. The van der Waals surface area contributed by atoms with E-state index < -0.39 is 6.10 Å². The van der Waals surface area contributed by atoms with Crippen molar-refractivity contribution in [1.82, 2.24) is 4.37 Å². The van der Waals surface area contributed by atoms with Crippen molar-refractivity contribution in [3.63, 3.8) is 0 Å². The fourth-order valence-electron chi connectivity index (χ4n) is 2.29. The van der Waals surface area contributed by atoms with Gasteiger partial charge in [0, 0.05) is 18.7 Å². The summed E-state index contributed by atoms with van der Waals surface area (Å²) in [6, 6.07) is 21.1. The zero-order valence-electron chi connectivity index (χ0n) is 12.6. The number of hydrogen-bond donors (Lipinski definition) is 1. The molecule has 3 rings (SSSR count). The van der Waals surface area contributed by atoms with Crippen LogP contribution in [0.15, 0.2) is 66.7 Å². The number of nitrogens with zero attached hydrogens (tertiary/aromatic N) is 1. The summed E-state index contributed by atoms with van der Waals surface area (Å²) in [7, 11) is 1.53. The van der Waals surface area contributed by atoms with E-state index >= 15 is 0 Å². The number of aromatic nitrogens is 1. The van der Waals surface area contributed by atoms with Crippen molar-refractivity contribution in [3.05, 3.63) is 72.3 Å². The summed E-state index contributed by atoms with van der Waals surface area (Å²) >= 11 is 1.26. The highest BCUT2D eigenvalue weighted by Gasteiger charge is 2.20. The van der Waals surface area contributed by atoms with Crippen LogP contribution >= 0.6 is 11.5 Å². The third kappa shape index (κ3) is 3.64. The molecule has 0 bridgehead atoms. The maximum atomic E-state index is 12.4. The molecule has 23 heavy (non-hydrogen) atoms. The van der Waals surface area contributed by atoms with E-state index in [9.17, 15) is 4.79 Å². The van der Waals surface area contributed by atoms with Crippen molar-refractivity contribution in [3.8, 4) is 11.3 Å². The van der Waals surface area contributed by atoms with Gasteiger partial charge in [-0.15, -0.1) is 0 Å². The van der Waals surface area contributed by atoms with Gasteiger partial charge in [0.25, 0.3) is 5.91 Å². The summed E-state index contributed by atoms with van der Waals surface area (Å²) in [5.74, 6) is -0.207.